The van der Waals surface area contributed by atoms with Crippen molar-refractivity contribution in [2.24, 2.45) is 5.92 Å². The van der Waals surface area contributed by atoms with E-state index in [1.165, 1.54) is 24.8 Å². The molecule has 1 saturated heterocycles. The number of nitrogens with one attached hydrogen (secondary N) is 1. The number of likely N-dealkylation sites (tertiary alicyclic amines) is 1. The lowest BCUT2D eigenvalue weighted by Gasteiger charge is -2.31. The Hall–Kier alpha value is -1.39. The average Bonchev–Trinajstić information content (AvgIpc) is 2.50. The molecule has 1 N–H and O–H groups in total. The number of likely N-dealkylation sites (N-methyl/N-ethyl adjacent to an activating group) is 1. The first-order valence-corrected chi connectivity index (χ1v) is 8.31. The third kappa shape index (κ3) is 6.16. The average molecular weight is 303 g/mol. The third-order valence-electron chi connectivity index (χ3n) is 4.32. The van der Waals surface area contributed by atoms with Gasteiger partial charge < -0.3 is 10.2 Å². The zero-order valence-corrected chi connectivity index (χ0v) is 13.9. The van der Waals surface area contributed by atoms with E-state index in [1.54, 1.807) is 0 Å². The van der Waals surface area contributed by atoms with E-state index >= 15 is 0 Å². The standard InChI is InChI=1S/C18H29N3O/c1-20(2)13-10-19-18(22)15-21-11-8-17(9-12-21)14-16-6-4-3-5-7-16/h3-7,17H,8-15H2,1-2H3,(H,19,22). The highest BCUT2D eigenvalue weighted by molar-refractivity contribution is 5.78. The van der Waals surface area contributed by atoms with Gasteiger partial charge >= 0.3 is 0 Å². The normalized spacial score (nSPS) is 16.9. The second kappa shape index (κ2) is 8.91. The summed E-state index contributed by atoms with van der Waals surface area (Å²) < 4.78 is 0. The highest BCUT2D eigenvalue weighted by atomic mass is 16.2. The maximum atomic E-state index is 11.9. The zero-order valence-electron chi connectivity index (χ0n) is 13.9. The number of benzene rings is 1. The van der Waals surface area contributed by atoms with Gasteiger partial charge in [0.2, 0.25) is 5.91 Å². The first kappa shape index (κ1) is 17.0. The van der Waals surface area contributed by atoms with E-state index in [0.29, 0.717) is 6.54 Å². The lowest BCUT2D eigenvalue weighted by molar-refractivity contribution is -0.122. The number of hydrogen-bond acceptors (Lipinski definition) is 3. The Morgan fingerprint density at radius 2 is 1.91 bits per heavy atom. The van der Waals surface area contributed by atoms with Crippen LogP contribution in [0.4, 0.5) is 0 Å². The van der Waals surface area contributed by atoms with Crippen molar-refractivity contribution in [3.8, 4) is 0 Å². The van der Waals surface area contributed by atoms with Crippen LogP contribution in [0.25, 0.3) is 0 Å². The van der Waals surface area contributed by atoms with Crippen molar-refractivity contribution >= 4 is 5.91 Å². The van der Waals surface area contributed by atoms with Gasteiger partial charge in [0.25, 0.3) is 0 Å². The summed E-state index contributed by atoms with van der Waals surface area (Å²) in [4.78, 5) is 16.3. The molecule has 1 aliphatic heterocycles. The number of amides is 1. The number of carbonyl (C=O) groups is 1. The van der Waals surface area contributed by atoms with Crippen LogP contribution in [0.1, 0.15) is 18.4 Å². The predicted molar refractivity (Wildman–Crippen MR) is 90.9 cm³/mol. The van der Waals surface area contributed by atoms with Gasteiger partial charge in [0, 0.05) is 13.1 Å². The van der Waals surface area contributed by atoms with Crippen molar-refractivity contribution in [2.75, 3.05) is 46.8 Å². The Morgan fingerprint density at radius 1 is 1.23 bits per heavy atom. The first-order valence-electron chi connectivity index (χ1n) is 8.31. The van der Waals surface area contributed by atoms with Crippen LogP contribution in [0.15, 0.2) is 30.3 Å². The van der Waals surface area contributed by atoms with E-state index in [-0.39, 0.29) is 5.91 Å². The predicted octanol–water partition coefficient (Wildman–Crippen LogP) is 1.62. The van der Waals surface area contributed by atoms with Crippen molar-refractivity contribution in [3.05, 3.63) is 35.9 Å². The third-order valence-corrected chi connectivity index (χ3v) is 4.32. The number of rotatable bonds is 7. The molecule has 0 saturated carbocycles. The van der Waals surface area contributed by atoms with Gasteiger partial charge in [-0.1, -0.05) is 30.3 Å². The summed E-state index contributed by atoms with van der Waals surface area (Å²) >= 11 is 0. The summed E-state index contributed by atoms with van der Waals surface area (Å²) in [6, 6.07) is 10.7. The second-order valence-corrected chi connectivity index (χ2v) is 6.56. The molecule has 0 atom stereocenters. The molecular weight excluding hydrogens is 274 g/mol. The van der Waals surface area contributed by atoms with Crippen LogP contribution in [-0.2, 0) is 11.2 Å². The molecule has 2 rings (SSSR count). The molecule has 22 heavy (non-hydrogen) atoms. The van der Waals surface area contributed by atoms with Crippen molar-refractivity contribution in [1.29, 1.82) is 0 Å². The topological polar surface area (TPSA) is 35.6 Å². The van der Waals surface area contributed by atoms with Crippen LogP contribution in [0.3, 0.4) is 0 Å². The molecule has 0 bridgehead atoms. The van der Waals surface area contributed by atoms with Crippen LogP contribution in [-0.4, -0.2) is 62.5 Å². The van der Waals surface area contributed by atoms with Crippen LogP contribution in [0, 0.1) is 5.92 Å². The minimum absolute atomic E-state index is 0.156. The Kier molecular flexibility index (Phi) is 6.87. The van der Waals surface area contributed by atoms with Gasteiger partial charge in [0.15, 0.2) is 0 Å². The van der Waals surface area contributed by atoms with Crippen molar-refractivity contribution in [1.82, 2.24) is 15.1 Å². The number of hydrogen-bond donors (Lipinski definition) is 1. The molecule has 1 heterocycles. The maximum Gasteiger partial charge on any atom is 0.234 e. The summed E-state index contributed by atoms with van der Waals surface area (Å²) in [5.74, 6) is 0.916. The van der Waals surface area contributed by atoms with Crippen molar-refractivity contribution < 1.29 is 4.79 Å². The highest BCUT2D eigenvalue weighted by Crippen LogP contribution is 2.21. The summed E-state index contributed by atoms with van der Waals surface area (Å²) in [6.45, 7) is 4.25. The van der Waals surface area contributed by atoms with Crippen molar-refractivity contribution in [3.63, 3.8) is 0 Å². The van der Waals surface area contributed by atoms with Gasteiger partial charge in [0.1, 0.15) is 0 Å². The fourth-order valence-electron chi connectivity index (χ4n) is 2.97. The van der Waals surface area contributed by atoms with Gasteiger partial charge in [-0.3, -0.25) is 9.69 Å². The highest BCUT2D eigenvalue weighted by Gasteiger charge is 2.20. The molecule has 0 aromatic heterocycles. The van der Waals surface area contributed by atoms with Crippen LogP contribution in [0.5, 0.6) is 0 Å². The molecule has 1 aromatic carbocycles. The van der Waals surface area contributed by atoms with E-state index in [1.807, 2.05) is 14.1 Å². The SMILES string of the molecule is CN(C)CCNC(=O)CN1CCC(Cc2ccccc2)CC1. The molecule has 4 nitrogen and oxygen atoms in total. The van der Waals surface area contributed by atoms with E-state index < -0.39 is 0 Å². The fraction of sp³-hybridized carbons (Fsp3) is 0.611. The molecule has 1 aromatic rings. The fourth-order valence-corrected chi connectivity index (χ4v) is 2.97. The van der Waals surface area contributed by atoms with Crippen molar-refractivity contribution in [2.45, 2.75) is 19.3 Å². The monoisotopic (exact) mass is 303 g/mol. The Balaban J connectivity index is 1.63. The van der Waals surface area contributed by atoms with E-state index in [4.69, 9.17) is 0 Å². The zero-order chi connectivity index (χ0) is 15.8. The van der Waals surface area contributed by atoms with Gasteiger partial charge in [-0.25, -0.2) is 0 Å². The minimum Gasteiger partial charge on any atom is -0.354 e. The first-order chi connectivity index (χ1) is 10.6. The number of nitrogens with zero attached hydrogens (tertiary/aromatic N) is 2. The summed E-state index contributed by atoms with van der Waals surface area (Å²) in [5.41, 5.74) is 1.43. The smallest absolute Gasteiger partial charge is 0.234 e. The van der Waals surface area contributed by atoms with Crippen LogP contribution in [0.2, 0.25) is 0 Å². The lowest BCUT2D eigenvalue weighted by atomic mass is 9.90. The summed E-state index contributed by atoms with van der Waals surface area (Å²) in [7, 11) is 4.04. The molecule has 0 spiro atoms. The van der Waals surface area contributed by atoms with E-state index in [9.17, 15) is 4.79 Å². The molecule has 4 heteroatoms. The molecule has 122 valence electrons. The lowest BCUT2D eigenvalue weighted by Crippen LogP contribution is -2.43. The second-order valence-electron chi connectivity index (χ2n) is 6.56. The molecule has 1 amide bonds. The van der Waals surface area contributed by atoms with E-state index in [2.05, 4.69) is 45.4 Å². The van der Waals surface area contributed by atoms with Gasteiger partial charge in [-0.05, 0) is 57.9 Å². The largest absolute Gasteiger partial charge is 0.354 e. The number of carbonyl (C=O) groups excluding carboxylic acids is 1. The van der Waals surface area contributed by atoms with E-state index in [0.717, 1.165) is 32.1 Å². The molecule has 1 aliphatic rings. The van der Waals surface area contributed by atoms with Gasteiger partial charge in [-0.15, -0.1) is 0 Å². The van der Waals surface area contributed by atoms with Crippen LogP contribution >= 0.6 is 0 Å². The number of piperidine rings is 1. The van der Waals surface area contributed by atoms with Gasteiger partial charge in [0.05, 0.1) is 6.54 Å². The van der Waals surface area contributed by atoms with Gasteiger partial charge in [-0.2, -0.15) is 0 Å². The molecular formula is C18H29N3O. The quantitative estimate of drug-likeness (QED) is 0.831. The molecule has 0 unspecified atom stereocenters. The summed E-state index contributed by atoms with van der Waals surface area (Å²) in [6.07, 6.45) is 3.56. The minimum atomic E-state index is 0.156. The summed E-state index contributed by atoms with van der Waals surface area (Å²) in [5, 5.41) is 2.99. The molecule has 0 radical (unpaired) electrons. The van der Waals surface area contributed by atoms with Crippen LogP contribution < -0.4 is 5.32 Å². The Labute approximate surface area is 134 Å². The molecule has 0 aliphatic carbocycles. The maximum absolute atomic E-state index is 11.9. The Bertz CT molecular complexity index is 439. The Morgan fingerprint density at radius 3 is 2.55 bits per heavy atom. The molecule has 1 fully saturated rings.